The molecule has 0 fully saturated rings. The minimum absolute atomic E-state index is 0.0629. The van der Waals surface area contributed by atoms with Gasteiger partial charge in [0.2, 0.25) is 0 Å². The molecule has 0 amide bonds. The number of ether oxygens (including phenoxy) is 1. The maximum Gasteiger partial charge on any atom is 0.128 e. The Hall–Kier alpha value is -3.41. The Morgan fingerprint density at radius 1 is 1.00 bits per heavy atom. The average molecular weight is 321 g/mol. The lowest BCUT2D eigenvalue weighted by Crippen LogP contribution is -2.28. The number of carboxylic acids is 2. The molecule has 1 heterocycles. The Morgan fingerprint density at radius 3 is 2.38 bits per heavy atom. The molecule has 3 rings (SSSR count). The van der Waals surface area contributed by atoms with E-state index in [1.165, 1.54) is 6.07 Å². The highest BCUT2D eigenvalue weighted by molar-refractivity contribution is 6.02. The molecule has 0 aliphatic heterocycles. The summed E-state index contributed by atoms with van der Waals surface area (Å²) in [6.45, 7) is -0.539. The summed E-state index contributed by atoms with van der Waals surface area (Å²) in [5.41, 5.74) is 1.75. The van der Waals surface area contributed by atoms with E-state index in [4.69, 9.17) is 4.74 Å². The Labute approximate surface area is 137 Å². The summed E-state index contributed by atoms with van der Waals surface area (Å²) < 4.78 is 5.00. The number of pyridine rings is 1. The van der Waals surface area contributed by atoms with E-state index >= 15 is 0 Å². The number of carboxylic acid groups (broad SMARTS) is 2. The molecule has 0 radical (unpaired) electrons. The van der Waals surface area contributed by atoms with Crippen LogP contribution in [0.15, 0.2) is 54.6 Å². The van der Waals surface area contributed by atoms with Crippen LogP contribution in [0.2, 0.25) is 0 Å². The van der Waals surface area contributed by atoms with Crippen LogP contribution in [0.5, 0.6) is 5.75 Å². The highest BCUT2D eigenvalue weighted by Crippen LogP contribution is 2.26. The van der Waals surface area contributed by atoms with E-state index in [1.807, 2.05) is 0 Å². The van der Waals surface area contributed by atoms with Crippen molar-refractivity contribution in [2.24, 2.45) is 0 Å². The van der Waals surface area contributed by atoms with E-state index in [9.17, 15) is 19.8 Å². The van der Waals surface area contributed by atoms with Crippen LogP contribution in [-0.2, 0) is 4.79 Å². The van der Waals surface area contributed by atoms with Crippen LogP contribution >= 0.6 is 0 Å². The molecule has 0 N–H and O–H groups in total. The number of carbonyl (C=O) groups excluding carboxylic acids is 2. The quantitative estimate of drug-likeness (QED) is 0.674. The van der Waals surface area contributed by atoms with Crippen molar-refractivity contribution in [3.05, 3.63) is 60.2 Å². The maximum absolute atomic E-state index is 11.4. The van der Waals surface area contributed by atoms with Crippen molar-refractivity contribution in [3.8, 4) is 17.0 Å². The lowest BCUT2D eigenvalue weighted by molar-refractivity contribution is -0.307. The van der Waals surface area contributed by atoms with Crippen LogP contribution in [-0.4, -0.2) is 23.5 Å². The second-order valence-corrected chi connectivity index (χ2v) is 5.04. The molecule has 6 heteroatoms. The van der Waals surface area contributed by atoms with Crippen LogP contribution in [0.1, 0.15) is 10.4 Å². The van der Waals surface area contributed by atoms with Crippen molar-refractivity contribution in [1.29, 1.82) is 0 Å². The molecule has 0 unspecified atom stereocenters. The van der Waals surface area contributed by atoms with Gasteiger partial charge in [-0.1, -0.05) is 18.2 Å². The zero-order valence-corrected chi connectivity index (χ0v) is 12.4. The lowest BCUT2D eigenvalue weighted by Gasteiger charge is -2.11. The lowest BCUT2D eigenvalue weighted by atomic mass is 10.0. The summed E-state index contributed by atoms with van der Waals surface area (Å²) in [7, 11) is 0. The Kier molecular flexibility index (Phi) is 4.11. The second kappa shape index (κ2) is 6.37. The first-order chi connectivity index (χ1) is 11.5. The number of aliphatic carboxylic acids is 1. The fraction of sp³-hybridized carbons (Fsp3) is 0.0556. The summed E-state index contributed by atoms with van der Waals surface area (Å²) >= 11 is 0. The van der Waals surface area contributed by atoms with Gasteiger partial charge in [-0.25, -0.2) is 4.98 Å². The first-order valence-corrected chi connectivity index (χ1v) is 7.09. The standard InChI is InChI=1S/C18H13NO5/c20-17(21)10-24-12-7-5-11(6-8-12)16-9-14(18(22)23)13-3-1-2-4-15(13)19-16/h1-9H,10H2,(H,20,21)(H,22,23)/p-2. The third-order valence-corrected chi connectivity index (χ3v) is 3.44. The molecule has 0 saturated heterocycles. The molecule has 2 aromatic carbocycles. The highest BCUT2D eigenvalue weighted by atomic mass is 16.5. The normalized spacial score (nSPS) is 10.5. The molecule has 6 nitrogen and oxygen atoms in total. The number of para-hydroxylation sites is 1. The molecule has 0 aliphatic rings. The summed E-state index contributed by atoms with van der Waals surface area (Å²) in [5.74, 6) is -2.22. The molecule has 0 spiro atoms. The zero-order chi connectivity index (χ0) is 17.1. The van der Waals surface area contributed by atoms with Crippen molar-refractivity contribution < 1.29 is 24.5 Å². The molecular formula is C18H11NO5-2. The number of rotatable bonds is 5. The fourth-order valence-corrected chi connectivity index (χ4v) is 2.36. The first kappa shape index (κ1) is 15.5. The molecular weight excluding hydrogens is 310 g/mol. The van der Waals surface area contributed by atoms with Crippen molar-refractivity contribution in [2.75, 3.05) is 6.61 Å². The first-order valence-electron chi connectivity index (χ1n) is 7.09. The van der Waals surface area contributed by atoms with E-state index in [1.54, 1.807) is 48.5 Å². The molecule has 0 aliphatic carbocycles. The molecule has 0 saturated carbocycles. The van der Waals surface area contributed by atoms with Gasteiger partial charge in [0.25, 0.3) is 0 Å². The largest absolute Gasteiger partial charge is 0.546 e. The summed E-state index contributed by atoms with van der Waals surface area (Å²) in [5, 5.41) is 22.3. The van der Waals surface area contributed by atoms with Crippen LogP contribution in [0.4, 0.5) is 0 Å². The van der Waals surface area contributed by atoms with Crippen molar-refractivity contribution in [2.45, 2.75) is 0 Å². The van der Waals surface area contributed by atoms with Gasteiger partial charge in [0.1, 0.15) is 12.4 Å². The van der Waals surface area contributed by atoms with Crippen molar-refractivity contribution >= 4 is 22.8 Å². The summed E-state index contributed by atoms with van der Waals surface area (Å²) in [6, 6.07) is 14.9. The molecule has 0 atom stereocenters. The maximum atomic E-state index is 11.4. The van der Waals surface area contributed by atoms with E-state index in [-0.39, 0.29) is 5.56 Å². The second-order valence-electron chi connectivity index (χ2n) is 5.04. The van der Waals surface area contributed by atoms with Crippen molar-refractivity contribution in [3.63, 3.8) is 0 Å². The summed E-state index contributed by atoms with van der Waals surface area (Å²) in [4.78, 5) is 26.2. The number of nitrogens with zero attached hydrogens (tertiary/aromatic N) is 1. The summed E-state index contributed by atoms with van der Waals surface area (Å²) in [6.07, 6.45) is 0. The highest BCUT2D eigenvalue weighted by Gasteiger charge is 2.08. The van der Waals surface area contributed by atoms with Crippen molar-refractivity contribution in [1.82, 2.24) is 4.98 Å². The molecule has 24 heavy (non-hydrogen) atoms. The third-order valence-electron chi connectivity index (χ3n) is 3.44. The van der Waals surface area contributed by atoms with Gasteiger partial charge in [-0.05, 0) is 36.4 Å². The molecule has 0 bridgehead atoms. The predicted molar refractivity (Wildman–Crippen MR) is 82.0 cm³/mol. The van der Waals surface area contributed by atoms with E-state index in [0.717, 1.165) is 0 Å². The number of aromatic carboxylic acids is 1. The molecule has 3 aromatic rings. The molecule has 1 aromatic heterocycles. The van der Waals surface area contributed by atoms with Crippen LogP contribution in [0.25, 0.3) is 22.2 Å². The number of fused-ring (bicyclic) bond motifs is 1. The monoisotopic (exact) mass is 321 g/mol. The smallest absolute Gasteiger partial charge is 0.128 e. The van der Waals surface area contributed by atoms with E-state index in [2.05, 4.69) is 4.98 Å². The van der Waals surface area contributed by atoms with Gasteiger partial charge < -0.3 is 24.5 Å². The van der Waals surface area contributed by atoms with Gasteiger partial charge in [-0.15, -0.1) is 0 Å². The number of hydrogen-bond donors (Lipinski definition) is 0. The van der Waals surface area contributed by atoms with E-state index < -0.39 is 18.5 Å². The van der Waals surface area contributed by atoms with Gasteiger partial charge in [0.15, 0.2) is 0 Å². The molecule has 120 valence electrons. The zero-order valence-electron chi connectivity index (χ0n) is 12.4. The van der Waals surface area contributed by atoms with Gasteiger partial charge >= 0.3 is 0 Å². The number of aromatic nitrogens is 1. The van der Waals surface area contributed by atoms with Gasteiger partial charge in [-0.3, -0.25) is 0 Å². The van der Waals surface area contributed by atoms with Crippen LogP contribution in [0.3, 0.4) is 0 Å². The number of carbonyl (C=O) groups is 2. The van der Waals surface area contributed by atoms with E-state index in [0.29, 0.717) is 27.9 Å². The van der Waals surface area contributed by atoms with Gasteiger partial charge in [-0.2, -0.15) is 0 Å². The predicted octanol–water partition coefficient (Wildman–Crippen LogP) is 0.394. The number of hydrogen-bond acceptors (Lipinski definition) is 6. The Balaban J connectivity index is 2.00. The van der Waals surface area contributed by atoms with Crippen LogP contribution < -0.4 is 14.9 Å². The SMILES string of the molecule is O=C([O-])COc1ccc(-c2cc(C(=O)[O-])c3ccccc3n2)cc1. The Bertz CT molecular complexity index is 918. The topological polar surface area (TPSA) is 102 Å². The average Bonchev–Trinajstić information content (AvgIpc) is 2.59. The number of benzene rings is 2. The minimum atomic E-state index is -1.31. The van der Waals surface area contributed by atoms with Crippen LogP contribution in [0, 0.1) is 0 Å². The fourth-order valence-electron chi connectivity index (χ4n) is 2.36. The third kappa shape index (κ3) is 3.17. The minimum Gasteiger partial charge on any atom is -0.546 e. The van der Waals surface area contributed by atoms with Gasteiger partial charge in [0, 0.05) is 16.5 Å². The van der Waals surface area contributed by atoms with Gasteiger partial charge in [0.05, 0.1) is 23.1 Å². The Morgan fingerprint density at radius 2 is 1.71 bits per heavy atom.